The Labute approximate surface area is 91.3 Å². The minimum atomic E-state index is 0.328. The maximum atomic E-state index is 9.20. The molecule has 0 bridgehead atoms. The van der Waals surface area contributed by atoms with E-state index in [-0.39, 0.29) is 0 Å². The van der Waals surface area contributed by atoms with E-state index in [0.717, 1.165) is 6.54 Å². The molecule has 0 aliphatic heterocycles. The van der Waals surface area contributed by atoms with Gasteiger partial charge in [0, 0.05) is 18.2 Å². The zero-order chi connectivity index (χ0) is 10.4. The van der Waals surface area contributed by atoms with E-state index in [9.17, 15) is 5.11 Å². The van der Waals surface area contributed by atoms with Crippen LogP contribution in [-0.4, -0.2) is 24.8 Å². The highest BCUT2D eigenvalue weighted by atomic mass is 35.5. The van der Waals surface area contributed by atoms with Crippen molar-refractivity contribution in [1.29, 1.82) is 0 Å². The first-order valence-corrected chi connectivity index (χ1v) is 5.76. The summed E-state index contributed by atoms with van der Waals surface area (Å²) >= 11 is 5.66. The number of nitrogens with one attached hydrogen (secondary N) is 1. The maximum Gasteiger partial charge on any atom is 0.0462 e. The molecule has 0 aromatic rings. The molecule has 1 rings (SSSR count). The van der Waals surface area contributed by atoms with Gasteiger partial charge in [0.2, 0.25) is 0 Å². The van der Waals surface area contributed by atoms with Crippen molar-refractivity contribution in [2.75, 3.05) is 19.7 Å². The van der Waals surface area contributed by atoms with E-state index in [1.54, 1.807) is 0 Å². The van der Waals surface area contributed by atoms with Gasteiger partial charge in [-0.2, -0.15) is 0 Å². The van der Waals surface area contributed by atoms with Crippen molar-refractivity contribution >= 4 is 11.6 Å². The average Bonchev–Trinajstić information content (AvgIpc) is 2.18. The summed E-state index contributed by atoms with van der Waals surface area (Å²) in [5, 5.41) is 13.1. The lowest BCUT2D eigenvalue weighted by Crippen LogP contribution is -2.32. The Morgan fingerprint density at radius 2 is 2.00 bits per heavy atom. The van der Waals surface area contributed by atoms with Crippen molar-refractivity contribution in [2.45, 2.75) is 25.7 Å². The summed E-state index contributed by atoms with van der Waals surface area (Å²) in [5.74, 6) is 1.10. The Kier molecular flexibility index (Phi) is 5.53. The maximum absolute atomic E-state index is 9.20. The van der Waals surface area contributed by atoms with E-state index in [1.165, 1.54) is 25.7 Å². The van der Waals surface area contributed by atoms with E-state index < -0.39 is 0 Å². The van der Waals surface area contributed by atoms with Crippen LogP contribution in [-0.2, 0) is 0 Å². The molecular weight excluding hydrogens is 198 g/mol. The minimum absolute atomic E-state index is 0.328. The summed E-state index contributed by atoms with van der Waals surface area (Å²) < 4.78 is 0. The standard InChI is InChI=1S/C11H20ClNO/c1-9(12)6-13-7-10-4-2-3-5-11(10)8-14/h10-11,13-14H,1-8H2. The van der Waals surface area contributed by atoms with Crippen LogP contribution in [0.3, 0.4) is 0 Å². The van der Waals surface area contributed by atoms with Gasteiger partial charge in [-0.1, -0.05) is 31.0 Å². The zero-order valence-corrected chi connectivity index (χ0v) is 9.39. The van der Waals surface area contributed by atoms with Crippen molar-refractivity contribution in [2.24, 2.45) is 11.8 Å². The van der Waals surface area contributed by atoms with Gasteiger partial charge in [0.1, 0.15) is 0 Å². The third-order valence-electron chi connectivity index (χ3n) is 3.02. The molecule has 0 radical (unpaired) electrons. The molecule has 14 heavy (non-hydrogen) atoms. The van der Waals surface area contributed by atoms with Crippen LogP contribution >= 0.6 is 11.6 Å². The average molecular weight is 218 g/mol. The highest BCUT2D eigenvalue weighted by Crippen LogP contribution is 2.28. The molecule has 0 spiro atoms. The van der Waals surface area contributed by atoms with Gasteiger partial charge in [0.15, 0.2) is 0 Å². The van der Waals surface area contributed by atoms with Gasteiger partial charge < -0.3 is 10.4 Å². The highest BCUT2D eigenvalue weighted by Gasteiger charge is 2.23. The lowest BCUT2D eigenvalue weighted by atomic mass is 9.79. The summed E-state index contributed by atoms with van der Waals surface area (Å²) in [7, 11) is 0. The van der Waals surface area contributed by atoms with Gasteiger partial charge in [-0.05, 0) is 31.2 Å². The van der Waals surface area contributed by atoms with Crippen LogP contribution in [0, 0.1) is 11.8 Å². The molecule has 0 aromatic heterocycles. The van der Waals surface area contributed by atoms with Crippen molar-refractivity contribution in [3.05, 3.63) is 11.6 Å². The number of hydrogen-bond donors (Lipinski definition) is 2. The van der Waals surface area contributed by atoms with E-state index in [1.807, 2.05) is 0 Å². The molecule has 1 aliphatic carbocycles. The van der Waals surface area contributed by atoms with Gasteiger partial charge in [-0.15, -0.1) is 0 Å². The molecule has 0 heterocycles. The fourth-order valence-electron chi connectivity index (χ4n) is 2.19. The molecular formula is C11H20ClNO. The third-order valence-corrected chi connectivity index (χ3v) is 3.16. The molecule has 82 valence electrons. The van der Waals surface area contributed by atoms with Gasteiger partial charge in [0.25, 0.3) is 0 Å². The first-order valence-electron chi connectivity index (χ1n) is 5.39. The van der Waals surface area contributed by atoms with Crippen LogP contribution in [0.15, 0.2) is 11.6 Å². The molecule has 0 saturated heterocycles. The SMILES string of the molecule is C=C(Cl)CNCC1CCCCC1CO. The molecule has 2 N–H and O–H groups in total. The Hall–Kier alpha value is -0.0500. The minimum Gasteiger partial charge on any atom is -0.396 e. The smallest absolute Gasteiger partial charge is 0.0462 e. The van der Waals surface area contributed by atoms with Crippen LogP contribution in [0.25, 0.3) is 0 Å². The van der Waals surface area contributed by atoms with Gasteiger partial charge in [0.05, 0.1) is 0 Å². The summed E-state index contributed by atoms with van der Waals surface area (Å²) in [4.78, 5) is 0. The normalized spacial score (nSPS) is 27.6. The molecule has 3 heteroatoms. The van der Waals surface area contributed by atoms with Crippen molar-refractivity contribution in [1.82, 2.24) is 5.32 Å². The van der Waals surface area contributed by atoms with Crippen molar-refractivity contribution < 1.29 is 5.11 Å². The van der Waals surface area contributed by atoms with E-state index >= 15 is 0 Å². The largest absolute Gasteiger partial charge is 0.396 e. The fourth-order valence-corrected chi connectivity index (χ4v) is 2.28. The van der Waals surface area contributed by atoms with Crippen LogP contribution in [0.5, 0.6) is 0 Å². The second-order valence-electron chi connectivity index (χ2n) is 4.14. The second-order valence-corrected chi connectivity index (χ2v) is 4.67. The highest BCUT2D eigenvalue weighted by molar-refractivity contribution is 6.29. The Balaban J connectivity index is 2.22. The molecule has 0 amide bonds. The number of rotatable bonds is 5. The number of hydrogen-bond acceptors (Lipinski definition) is 2. The Morgan fingerprint density at radius 3 is 2.57 bits per heavy atom. The van der Waals surface area contributed by atoms with Gasteiger partial charge in [-0.25, -0.2) is 0 Å². The summed E-state index contributed by atoms with van der Waals surface area (Å²) in [6.45, 7) is 5.59. The topological polar surface area (TPSA) is 32.3 Å². The van der Waals surface area contributed by atoms with Crippen molar-refractivity contribution in [3.8, 4) is 0 Å². The Bertz CT molecular complexity index is 184. The lowest BCUT2D eigenvalue weighted by molar-refractivity contribution is 0.134. The predicted molar refractivity (Wildman–Crippen MR) is 60.4 cm³/mol. The van der Waals surface area contributed by atoms with Crippen LogP contribution < -0.4 is 5.32 Å². The molecule has 2 nitrogen and oxygen atoms in total. The molecule has 1 fully saturated rings. The quantitative estimate of drug-likeness (QED) is 0.740. The third kappa shape index (κ3) is 3.99. The number of halogens is 1. The second kappa shape index (κ2) is 6.44. The zero-order valence-electron chi connectivity index (χ0n) is 8.64. The Morgan fingerprint density at radius 1 is 1.36 bits per heavy atom. The molecule has 1 saturated carbocycles. The number of aliphatic hydroxyl groups excluding tert-OH is 1. The van der Waals surface area contributed by atoms with Gasteiger partial charge >= 0.3 is 0 Å². The van der Waals surface area contributed by atoms with E-state index in [4.69, 9.17) is 11.6 Å². The molecule has 1 aliphatic rings. The molecule has 0 aromatic carbocycles. The molecule has 2 atom stereocenters. The first-order chi connectivity index (χ1) is 6.74. The van der Waals surface area contributed by atoms with E-state index in [2.05, 4.69) is 11.9 Å². The summed E-state index contributed by atoms with van der Waals surface area (Å²) in [5.41, 5.74) is 0. The van der Waals surface area contributed by atoms with Crippen LogP contribution in [0.4, 0.5) is 0 Å². The fraction of sp³-hybridized carbons (Fsp3) is 0.818. The summed E-state index contributed by atoms with van der Waals surface area (Å²) in [6, 6.07) is 0. The van der Waals surface area contributed by atoms with E-state index in [0.29, 0.717) is 30.0 Å². The monoisotopic (exact) mass is 217 g/mol. The van der Waals surface area contributed by atoms with Crippen LogP contribution in [0.2, 0.25) is 0 Å². The van der Waals surface area contributed by atoms with Gasteiger partial charge in [-0.3, -0.25) is 0 Å². The molecule has 2 unspecified atom stereocenters. The lowest BCUT2D eigenvalue weighted by Gasteiger charge is -2.30. The summed E-state index contributed by atoms with van der Waals surface area (Å²) in [6.07, 6.45) is 4.96. The number of aliphatic hydroxyl groups is 1. The van der Waals surface area contributed by atoms with Crippen molar-refractivity contribution in [3.63, 3.8) is 0 Å². The van der Waals surface area contributed by atoms with Crippen LogP contribution in [0.1, 0.15) is 25.7 Å². The first kappa shape index (κ1) is 12.0. The predicted octanol–water partition coefficient (Wildman–Crippen LogP) is 2.13.